The molecule has 0 saturated carbocycles. The maximum Gasteiger partial charge on any atom is 0.242 e. The van der Waals surface area contributed by atoms with Crippen molar-refractivity contribution in [2.75, 3.05) is 27.2 Å². The van der Waals surface area contributed by atoms with Crippen molar-refractivity contribution in [2.45, 2.75) is 24.8 Å². The van der Waals surface area contributed by atoms with Gasteiger partial charge in [-0.25, -0.2) is 17.7 Å². The predicted octanol–water partition coefficient (Wildman–Crippen LogP) is 2.72. The predicted molar refractivity (Wildman–Crippen MR) is 122 cm³/mol. The van der Waals surface area contributed by atoms with Crippen LogP contribution in [0.4, 0.5) is 0 Å². The van der Waals surface area contributed by atoms with E-state index in [1.807, 2.05) is 31.3 Å². The zero-order valence-electron chi connectivity index (χ0n) is 17.6. The molecule has 8 heteroatoms. The van der Waals surface area contributed by atoms with Crippen LogP contribution in [0.15, 0.2) is 64.6 Å². The summed E-state index contributed by atoms with van der Waals surface area (Å²) in [5.74, 6) is 0.661. The van der Waals surface area contributed by atoms with Gasteiger partial charge in [0.1, 0.15) is 0 Å². The minimum absolute atomic E-state index is 0.270. The van der Waals surface area contributed by atoms with Crippen molar-refractivity contribution >= 4 is 26.9 Å². The van der Waals surface area contributed by atoms with E-state index in [1.165, 1.54) is 29.4 Å². The van der Waals surface area contributed by atoms with Gasteiger partial charge < -0.3 is 15.6 Å². The molecule has 2 aromatic carbocycles. The molecule has 0 aliphatic rings. The van der Waals surface area contributed by atoms with Crippen LogP contribution in [0.5, 0.6) is 0 Å². The molecule has 3 aromatic rings. The summed E-state index contributed by atoms with van der Waals surface area (Å²) in [6, 6.07) is 15.2. The number of aliphatic imine (C=N–C) groups is 1. The number of aromatic nitrogens is 1. The Labute approximate surface area is 178 Å². The van der Waals surface area contributed by atoms with Gasteiger partial charge in [-0.2, -0.15) is 0 Å². The number of nitrogens with one attached hydrogen (secondary N) is 3. The minimum atomic E-state index is -3.52. The van der Waals surface area contributed by atoms with E-state index < -0.39 is 10.0 Å². The number of nitrogens with zero attached hydrogens (tertiary/aromatic N) is 2. The number of H-pyrrole nitrogens is 1. The average molecular weight is 428 g/mol. The van der Waals surface area contributed by atoms with Gasteiger partial charge in [0.15, 0.2) is 5.96 Å². The molecule has 0 amide bonds. The van der Waals surface area contributed by atoms with Gasteiger partial charge >= 0.3 is 0 Å². The summed E-state index contributed by atoms with van der Waals surface area (Å²) >= 11 is 0. The number of hydrogen-bond acceptors (Lipinski definition) is 3. The molecule has 160 valence electrons. The second-order valence-electron chi connectivity index (χ2n) is 7.13. The third-order valence-corrected chi connectivity index (χ3v) is 6.76. The maximum atomic E-state index is 12.6. The molecule has 0 aliphatic heterocycles. The van der Waals surface area contributed by atoms with Crippen LogP contribution in [-0.2, 0) is 23.0 Å². The molecule has 0 saturated heterocycles. The molecule has 7 nitrogen and oxygen atoms in total. The van der Waals surface area contributed by atoms with Crippen molar-refractivity contribution in [3.05, 3.63) is 65.9 Å². The highest BCUT2D eigenvalue weighted by Crippen LogP contribution is 2.19. The van der Waals surface area contributed by atoms with E-state index in [9.17, 15) is 8.42 Å². The summed E-state index contributed by atoms with van der Waals surface area (Å²) < 4.78 is 26.4. The number of benzene rings is 2. The second kappa shape index (κ2) is 9.77. The molecule has 3 rings (SSSR count). The molecule has 1 aromatic heterocycles. The summed E-state index contributed by atoms with van der Waals surface area (Å²) in [4.78, 5) is 8.18. The molecular formula is C22H29N5O2S. The number of aromatic amines is 1. The Bertz CT molecular complexity index is 1120. The standard InChI is InChI=1S/C22H29N5O2S/c1-4-23-22(24-14-13-17-15-25-20-11-7-6-10-19(17)20)26-16-18-9-5-8-12-21(18)30(28,29)27(2)3/h5-12,15,25H,4,13-14,16H2,1-3H3,(H2,23,24,26). The first-order valence-electron chi connectivity index (χ1n) is 10.0. The lowest BCUT2D eigenvalue weighted by Gasteiger charge is -2.15. The van der Waals surface area contributed by atoms with Gasteiger partial charge in [-0.05, 0) is 36.6 Å². The Morgan fingerprint density at radius 2 is 1.77 bits per heavy atom. The first-order chi connectivity index (χ1) is 14.4. The van der Waals surface area contributed by atoms with Gasteiger partial charge in [0.25, 0.3) is 0 Å². The number of fused-ring (bicyclic) bond motifs is 1. The van der Waals surface area contributed by atoms with Crippen molar-refractivity contribution in [1.82, 2.24) is 19.9 Å². The Balaban J connectivity index is 1.70. The number of guanidine groups is 1. The molecule has 0 radical (unpaired) electrons. The van der Waals surface area contributed by atoms with Crippen molar-refractivity contribution in [3.63, 3.8) is 0 Å². The van der Waals surface area contributed by atoms with Crippen molar-refractivity contribution in [1.29, 1.82) is 0 Å². The fourth-order valence-corrected chi connectivity index (χ4v) is 4.35. The molecular weight excluding hydrogens is 398 g/mol. The quantitative estimate of drug-likeness (QED) is 0.381. The molecule has 0 fully saturated rings. The van der Waals surface area contributed by atoms with Gasteiger partial charge in [0, 0.05) is 44.3 Å². The van der Waals surface area contributed by atoms with Crippen LogP contribution in [0.1, 0.15) is 18.1 Å². The molecule has 0 spiro atoms. The SMILES string of the molecule is CCNC(=NCc1ccccc1S(=O)(=O)N(C)C)NCCc1c[nH]c2ccccc12. The molecule has 0 aliphatic carbocycles. The average Bonchev–Trinajstić information content (AvgIpc) is 3.15. The first kappa shape index (κ1) is 21.9. The fourth-order valence-electron chi connectivity index (χ4n) is 3.24. The Morgan fingerprint density at radius 1 is 1.03 bits per heavy atom. The molecule has 0 unspecified atom stereocenters. The van der Waals surface area contributed by atoms with Crippen LogP contribution >= 0.6 is 0 Å². The van der Waals surface area contributed by atoms with E-state index in [-0.39, 0.29) is 11.4 Å². The number of sulfonamides is 1. The normalized spacial score (nSPS) is 12.5. The van der Waals surface area contributed by atoms with Crippen LogP contribution in [-0.4, -0.2) is 50.9 Å². The summed E-state index contributed by atoms with van der Waals surface area (Å²) in [6.07, 6.45) is 2.89. The van der Waals surface area contributed by atoms with Crippen LogP contribution in [0.2, 0.25) is 0 Å². The molecule has 0 bridgehead atoms. The highest BCUT2D eigenvalue weighted by molar-refractivity contribution is 7.89. The van der Waals surface area contributed by atoms with E-state index in [0.29, 0.717) is 18.1 Å². The third-order valence-electron chi connectivity index (χ3n) is 4.84. The number of rotatable bonds is 8. The highest BCUT2D eigenvalue weighted by Gasteiger charge is 2.20. The summed E-state index contributed by atoms with van der Waals surface area (Å²) in [6.45, 7) is 3.70. The monoisotopic (exact) mass is 427 g/mol. The lowest BCUT2D eigenvalue weighted by Crippen LogP contribution is -2.38. The lowest BCUT2D eigenvalue weighted by molar-refractivity contribution is 0.519. The third kappa shape index (κ3) is 5.01. The Morgan fingerprint density at radius 3 is 2.53 bits per heavy atom. The Hall–Kier alpha value is -2.84. The van der Waals surface area contributed by atoms with Gasteiger partial charge in [-0.1, -0.05) is 36.4 Å². The zero-order valence-corrected chi connectivity index (χ0v) is 18.5. The van der Waals surface area contributed by atoms with Crippen LogP contribution in [0, 0.1) is 0 Å². The van der Waals surface area contributed by atoms with Crippen LogP contribution in [0.3, 0.4) is 0 Å². The Kier molecular flexibility index (Phi) is 7.12. The van der Waals surface area contributed by atoms with Gasteiger partial charge in [0.2, 0.25) is 10.0 Å². The molecule has 0 atom stereocenters. The summed E-state index contributed by atoms with van der Waals surface area (Å²) in [5.41, 5.74) is 3.04. The topological polar surface area (TPSA) is 89.6 Å². The fraction of sp³-hybridized carbons (Fsp3) is 0.318. The molecule has 30 heavy (non-hydrogen) atoms. The highest BCUT2D eigenvalue weighted by atomic mass is 32.2. The van der Waals surface area contributed by atoms with E-state index in [0.717, 1.165) is 18.5 Å². The number of para-hydroxylation sites is 1. The lowest BCUT2D eigenvalue weighted by atomic mass is 10.1. The van der Waals surface area contributed by atoms with E-state index in [4.69, 9.17) is 0 Å². The zero-order chi connectivity index (χ0) is 21.6. The summed E-state index contributed by atoms with van der Waals surface area (Å²) in [7, 11) is -0.448. The maximum absolute atomic E-state index is 12.6. The number of hydrogen-bond donors (Lipinski definition) is 3. The van der Waals surface area contributed by atoms with Crippen molar-refractivity contribution in [3.8, 4) is 0 Å². The van der Waals surface area contributed by atoms with E-state index >= 15 is 0 Å². The second-order valence-corrected chi connectivity index (χ2v) is 9.25. The molecule has 1 heterocycles. The summed E-state index contributed by atoms with van der Waals surface area (Å²) in [5, 5.41) is 7.79. The largest absolute Gasteiger partial charge is 0.361 e. The van der Waals surface area contributed by atoms with E-state index in [2.05, 4.69) is 32.7 Å². The van der Waals surface area contributed by atoms with Crippen molar-refractivity contribution < 1.29 is 8.42 Å². The minimum Gasteiger partial charge on any atom is -0.361 e. The van der Waals surface area contributed by atoms with Crippen molar-refractivity contribution in [2.24, 2.45) is 4.99 Å². The van der Waals surface area contributed by atoms with Crippen LogP contribution in [0.25, 0.3) is 10.9 Å². The van der Waals surface area contributed by atoms with Crippen LogP contribution < -0.4 is 10.6 Å². The smallest absolute Gasteiger partial charge is 0.242 e. The van der Waals surface area contributed by atoms with E-state index in [1.54, 1.807) is 18.2 Å². The molecule has 3 N–H and O–H groups in total. The first-order valence-corrected chi connectivity index (χ1v) is 11.4. The van der Waals surface area contributed by atoms with Gasteiger partial charge in [-0.3, -0.25) is 0 Å². The van der Waals surface area contributed by atoms with Gasteiger partial charge in [0.05, 0.1) is 11.4 Å². The van der Waals surface area contributed by atoms with Gasteiger partial charge in [-0.15, -0.1) is 0 Å².